The van der Waals surface area contributed by atoms with E-state index in [2.05, 4.69) is 4.99 Å². The predicted octanol–water partition coefficient (Wildman–Crippen LogP) is 2.94. The van der Waals surface area contributed by atoms with Crippen molar-refractivity contribution < 1.29 is 14.3 Å². The monoisotopic (exact) mass is 354 g/mol. The van der Waals surface area contributed by atoms with E-state index >= 15 is 0 Å². The first kappa shape index (κ1) is 17.7. The highest BCUT2D eigenvalue weighted by molar-refractivity contribution is 6.37. The molecule has 0 saturated heterocycles. The molecule has 0 spiro atoms. The summed E-state index contributed by atoms with van der Waals surface area (Å²) in [4.78, 5) is 31.9. The average molecular weight is 355 g/mol. The lowest BCUT2D eigenvalue weighted by molar-refractivity contribution is -0.140. The number of halogens is 1. The Labute approximate surface area is 148 Å². The zero-order valence-corrected chi connectivity index (χ0v) is 15.1. The van der Waals surface area contributed by atoms with E-state index in [1.807, 2.05) is 4.90 Å². The van der Waals surface area contributed by atoms with E-state index in [0.717, 1.165) is 51.4 Å². The molecule has 5 nitrogen and oxygen atoms in total. The highest BCUT2D eigenvalue weighted by Gasteiger charge is 2.41. The number of aliphatic imine (C=N–C) groups is 1. The molecular weight excluding hydrogens is 328 g/mol. The van der Waals surface area contributed by atoms with Crippen molar-refractivity contribution in [3.63, 3.8) is 0 Å². The fourth-order valence-electron chi connectivity index (χ4n) is 4.29. The Bertz CT molecular complexity index is 522. The number of carbonyl (C=O) groups is 2. The van der Waals surface area contributed by atoms with Crippen LogP contribution in [0, 0.1) is 5.92 Å². The number of hydrogen-bond donors (Lipinski definition) is 0. The van der Waals surface area contributed by atoms with Crippen molar-refractivity contribution in [3.8, 4) is 0 Å². The minimum absolute atomic E-state index is 0.00891. The minimum atomic E-state index is -0.377. The SMILES string of the molecule is CCOC(=O)C1=NC2CCCCC2N(C(=O)C2CCCC(Cl)C2)C1. The molecule has 0 aromatic carbocycles. The van der Waals surface area contributed by atoms with Gasteiger partial charge in [0.05, 0.1) is 25.2 Å². The first-order valence-electron chi connectivity index (χ1n) is 9.28. The van der Waals surface area contributed by atoms with Crippen molar-refractivity contribution in [1.82, 2.24) is 4.90 Å². The summed E-state index contributed by atoms with van der Waals surface area (Å²) in [6, 6.07) is 0.186. The number of alkyl halides is 1. The molecule has 0 aromatic rings. The van der Waals surface area contributed by atoms with Gasteiger partial charge in [-0.3, -0.25) is 9.79 Å². The Hall–Kier alpha value is -1.10. The van der Waals surface area contributed by atoms with Gasteiger partial charge < -0.3 is 9.64 Å². The van der Waals surface area contributed by atoms with Crippen molar-refractivity contribution >= 4 is 29.2 Å². The van der Waals surface area contributed by atoms with Crippen molar-refractivity contribution in [2.75, 3.05) is 13.2 Å². The number of esters is 1. The fraction of sp³-hybridized carbons (Fsp3) is 0.833. The molecule has 1 heterocycles. The molecule has 0 bridgehead atoms. The third kappa shape index (κ3) is 3.76. The van der Waals surface area contributed by atoms with Gasteiger partial charge in [-0.05, 0) is 39.0 Å². The van der Waals surface area contributed by atoms with Crippen LogP contribution >= 0.6 is 11.6 Å². The quantitative estimate of drug-likeness (QED) is 0.578. The zero-order chi connectivity index (χ0) is 17.1. The molecule has 24 heavy (non-hydrogen) atoms. The van der Waals surface area contributed by atoms with Crippen molar-refractivity contribution in [1.29, 1.82) is 0 Å². The standard InChI is InChI=1S/C18H27ClN2O3/c1-2-24-18(23)15-11-21(16-9-4-3-8-14(16)20-15)17(22)12-6-5-7-13(19)10-12/h12-14,16H,2-11H2,1H3. The highest BCUT2D eigenvalue weighted by Crippen LogP contribution is 2.34. The molecule has 2 aliphatic carbocycles. The second-order valence-electron chi connectivity index (χ2n) is 7.14. The largest absolute Gasteiger partial charge is 0.461 e. The molecule has 3 rings (SSSR count). The normalized spacial score (nSPS) is 33.4. The number of amides is 1. The Morgan fingerprint density at radius 3 is 2.75 bits per heavy atom. The molecule has 0 aromatic heterocycles. The van der Waals surface area contributed by atoms with Gasteiger partial charge in [0.1, 0.15) is 5.71 Å². The van der Waals surface area contributed by atoms with Crippen LogP contribution in [0.3, 0.4) is 0 Å². The van der Waals surface area contributed by atoms with Crippen molar-refractivity contribution in [2.45, 2.75) is 75.8 Å². The van der Waals surface area contributed by atoms with Gasteiger partial charge >= 0.3 is 5.97 Å². The van der Waals surface area contributed by atoms with E-state index in [4.69, 9.17) is 16.3 Å². The van der Waals surface area contributed by atoms with Crippen LogP contribution in [-0.2, 0) is 14.3 Å². The molecule has 3 aliphatic rings. The maximum Gasteiger partial charge on any atom is 0.354 e. The van der Waals surface area contributed by atoms with Gasteiger partial charge in [0.2, 0.25) is 5.91 Å². The Kier molecular flexibility index (Phi) is 5.80. The van der Waals surface area contributed by atoms with Crippen LogP contribution in [0.25, 0.3) is 0 Å². The molecule has 1 amide bonds. The Morgan fingerprint density at radius 1 is 1.21 bits per heavy atom. The number of rotatable bonds is 3. The smallest absolute Gasteiger partial charge is 0.354 e. The van der Waals surface area contributed by atoms with E-state index in [-0.39, 0.29) is 35.3 Å². The molecule has 4 atom stereocenters. The van der Waals surface area contributed by atoms with Gasteiger partial charge in [-0.15, -0.1) is 11.6 Å². The topological polar surface area (TPSA) is 59.0 Å². The number of fused-ring (bicyclic) bond motifs is 1. The number of nitrogens with zero attached hydrogens (tertiary/aromatic N) is 2. The van der Waals surface area contributed by atoms with Crippen LogP contribution in [0.15, 0.2) is 4.99 Å². The predicted molar refractivity (Wildman–Crippen MR) is 93.4 cm³/mol. The first-order valence-corrected chi connectivity index (χ1v) is 9.72. The lowest BCUT2D eigenvalue weighted by Crippen LogP contribution is -2.56. The van der Waals surface area contributed by atoms with Gasteiger partial charge in [0.15, 0.2) is 0 Å². The third-order valence-electron chi connectivity index (χ3n) is 5.49. The second kappa shape index (κ2) is 7.85. The van der Waals surface area contributed by atoms with E-state index < -0.39 is 0 Å². The highest BCUT2D eigenvalue weighted by atomic mass is 35.5. The number of ether oxygens (including phenoxy) is 1. The van der Waals surface area contributed by atoms with Crippen LogP contribution in [0.1, 0.15) is 58.3 Å². The first-order chi connectivity index (χ1) is 11.6. The van der Waals surface area contributed by atoms with Gasteiger partial charge in [-0.25, -0.2) is 4.79 Å². The molecule has 4 unspecified atom stereocenters. The molecular formula is C18H27ClN2O3. The number of carbonyl (C=O) groups excluding carboxylic acids is 2. The summed E-state index contributed by atoms with van der Waals surface area (Å²) < 4.78 is 5.12. The maximum atomic E-state index is 13.1. The summed E-state index contributed by atoms with van der Waals surface area (Å²) in [6.07, 6.45) is 7.81. The summed E-state index contributed by atoms with van der Waals surface area (Å²) >= 11 is 6.28. The van der Waals surface area contributed by atoms with Gasteiger partial charge in [0, 0.05) is 11.3 Å². The van der Waals surface area contributed by atoms with E-state index in [1.165, 1.54) is 0 Å². The maximum absolute atomic E-state index is 13.1. The second-order valence-corrected chi connectivity index (χ2v) is 7.76. The van der Waals surface area contributed by atoms with Crippen LogP contribution in [0.5, 0.6) is 0 Å². The summed E-state index contributed by atoms with van der Waals surface area (Å²) in [6.45, 7) is 2.41. The van der Waals surface area contributed by atoms with Gasteiger partial charge in [-0.1, -0.05) is 19.3 Å². The zero-order valence-electron chi connectivity index (χ0n) is 14.4. The van der Waals surface area contributed by atoms with Crippen molar-refractivity contribution in [3.05, 3.63) is 0 Å². The summed E-state index contributed by atoms with van der Waals surface area (Å²) in [7, 11) is 0. The van der Waals surface area contributed by atoms with E-state index in [1.54, 1.807) is 6.92 Å². The Balaban J connectivity index is 1.78. The summed E-state index contributed by atoms with van der Waals surface area (Å²) in [5.74, 6) is -0.225. The van der Waals surface area contributed by atoms with Crippen molar-refractivity contribution in [2.24, 2.45) is 10.9 Å². The van der Waals surface area contributed by atoms with E-state index in [0.29, 0.717) is 18.9 Å². The molecule has 6 heteroatoms. The minimum Gasteiger partial charge on any atom is -0.461 e. The van der Waals surface area contributed by atoms with Gasteiger partial charge in [-0.2, -0.15) is 0 Å². The van der Waals surface area contributed by atoms with Crippen LogP contribution in [0.2, 0.25) is 0 Å². The lowest BCUT2D eigenvalue weighted by atomic mass is 9.84. The molecule has 0 radical (unpaired) electrons. The molecule has 134 valence electrons. The molecule has 2 saturated carbocycles. The third-order valence-corrected chi connectivity index (χ3v) is 5.89. The number of hydrogen-bond acceptors (Lipinski definition) is 4. The Morgan fingerprint density at radius 2 is 2.00 bits per heavy atom. The average Bonchev–Trinajstić information content (AvgIpc) is 2.60. The summed E-state index contributed by atoms with van der Waals surface area (Å²) in [5.41, 5.74) is 0.409. The molecule has 0 N–H and O–H groups in total. The summed E-state index contributed by atoms with van der Waals surface area (Å²) in [5, 5.41) is 0.0952. The van der Waals surface area contributed by atoms with E-state index in [9.17, 15) is 9.59 Å². The molecule has 2 fully saturated rings. The molecule has 1 aliphatic heterocycles. The fourth-order valence-corrected chi connectivity index (χ4v) is 4.66. The van der Waals surface area contributed by atoms with Crippen LogP contribution < -0.4 is 0 Å². The van der Waals surface area contributed by atoms with Crippen LogP contribution in [0.4, 0.5) is 0 Å². The lowest BCUT2D eigenvalue weighted by Gasteiger charge is -2.43. The van der Waals surface area contributed by atoms with Crippen LogP contribution in [-0.4, -0.2) is 53.1 Å². The van der Waals surface area contributed by atoms with Gasteiger partial charge in [0.25, 0.3) is 0 Å².